The van der Waals surface area contributed by atoms with Gasteiger partial charge in [0.15, 0.2) is 6.10 Å². The molecule has 0 saturated carbocycles. The standard InChI is InChI=1S/C13H13NO4/c1-9(15)18-11-7-12(16)14(13(11)17)8-10-5-3-2-4-6-10/h2-6,11H,7-8H2,1H3/t11-/m1/s1. The van der Waals surface area contributed by atoms with E-state index in [-0.39, 0.29) is 18.9 Å². The molecule has 0 unspecified atom stereocenters. The van der Waals surface area contributed by atoms with E-state index in [1.807, 2.05) is 30.3 Å². The lowest BCUT2D eigenvalue weighted by Gasteiger charge is -2.14. The molecule has 1 saturated heterocycles. The third kappa shape index (κ3) is 2.56. The van der Waals surface area contributed by atoms with Crippen LogP contribution in [0.2, 0.25) is 0 Å². The van der Waals surface area contributed by atoms with Crippen molar-refractivity contribution in [1.82, 2.24) is 4.90 Å². The summed E-state index contributed by atoms with van der Waals surface area (Å²) in [6, 6.07) is 9.20. The average Bonchev–Trinajstić information content (AvgIpc) is 2.58. The topological polar surface area (TPSA) is 63.7 Å². The van der Waals surface area contributed by atoms with Crippen LogP contribution >= 0.6 is 0 Å². The SMILES string of the molecule is CC(=O)O[C@@H]1CC(=O)N(Cc2ccccc2)C1=O. The number of hydrogen-bond donors (Lipinski definition) is 0. The third-order valence-electron chi connectivity index (χ3n) is 2.69. The fourth-order valence-electron chi connectivity index (χ4n) is 1.88. The molecule has 1 aliphatic heterocycles. The van der Waals surface area contributed by atoms with Gasteiger partial charge in [0.25, 0.3) is 5.91 Å². The molecule has 0 radical (unpaired) electrons. The van der Waals surface area contributed by atoms with Crippen molar-refractivity contribution in [2.75, 3.05) is 0 Å². The van der Waals surface area contributed by atoms with Gasteiger partial charge in [0, 0.05) is 6.92 Å². The van der Waals surface area contributed by atoms with Gasteiger partial charge < -0.3 is 4.74 Å². The summed E-state index contributed by atoms with van der Waals surface area (Å²) in [7, 11) is 0. The Morgan fingerprint density at radius 3 is 2.61 bits per heavy atom. The van der Waals surface area contributed by atoms with Crippen molar-refractivity contribution in [3.63, 3.8) is 0 Å². The quantitative estimate of drug-likeness (QED) is 0.587. The molecular formula is C13H13NO4. The van der Waals surface area contributed by atoms with Crippen LogP contribution in [0.25, 0.3) is 0 Å². The minimum atomic E-state index is -0.960. The molecule has 0 spiro atoms. The Labute approximate surface area is 104 Å². The number of esters is 1. The first-order chi connectivity index (χ1) is 8.58. The van der Waals surface area contributed by atoms with Crippen LogP contribution in [-0.4, -0.2) is 28.8 Å². The van der Waals surface area contributed by atoms with E-state index in [1.165, 1.54) is 6.92 Å². The third-order valence-corrected chi connectivity index (χ3v) is 2.69. The molecule has 5 nitrogen and oxygen atoms in total. The predicted octanol–water partition coefficient (Wildman–Crippen LogP) is 0.877. The highest BCUT2D eigenvalue weighted by Gasteiger charge is 2.40. The lowest BCUT2D eigenvalue weighted by Crippen LogP contribution is -2.32. The molecule has 1 aromatic carbocycles. The fraction of sp³-hybridized carbons (Fsp3) is 0.308. The first kappa shape index (κ1) is 12.3. The van der Waals surface area contributed by atoms with Crippen LogP contribution in [-0.2, 0) is 25.7 Å². The van der Waals surface area contributed by atoms with Gasteiger partial charge in [0.2, 0.25) is 5.91 Å². The van der Waals surface area contributed by atoms with E-state index in [1.54, 1.807) is 0 Å². The highest BCUT2D eigenvalue weighted by Crippen LogP contribution is 2.19. The number of carbonyl (C=O) groups excluding carboxylic acids is 3. The van der Waals surface area contributed by atoms with Crippen molar-refractivity contribution < 1.29 is 19.1 Å². The summed E-state index contributed by atoms with van der Waals surface area (Å²) in [6.07, 6.45) is -1.02. The number of rotatable bonds is 3. The molecule has 1 aliphatic rings. The van der Waals surface area contributed by atoms with Crippen LogP contribution in [0.3, 0.4) is 0 Å². The van der Waals surface area contributed by atoms with Gasteiger partial charge in [-0.15, -0.1) is 0 Å². The molecule has 0 aromatic heterocycles. The van der Waals surface area contributed by atoms with Gasteiger partial charge in [-0.1, -0.05) is 30.3 Å². The highest BCUT2D eigenvalue weighted by atomic mass is 16.5. The molecule has 0 N–H and O–H groups in total. The summed E-state index contributed by atoms with van der Waals surface area (Å²) in [6.45, 7) is 1.44. The second-order valence-electron chi connectivity index (χ2n) is 4.11. The van der Waals surface area contributed by atoms with Crippen LogP contribution in [0.5, 0.6) is 0 Å². The van der Waals surface area contributed by atoms with Gasteiger partial charge in [0.05, 0.1) is 13.0 Å². The van der Waals surface area contributed by atoms with E-state index in [0.29, 0.717) is 0 Å². The van der Waals surface area contributed by atoms with E-state index in [0.717, 1.165) is 10.5 Å². The predicted molar refractivity (Wildman–Crippen MR) is 62.2 cm³/mol. The molecule has 5 heteroatoms. The summed E-state index contributed by atoms with van der Waals surface area (Å²) >= 11 is 0. The molecule has 1 aromatic rings. The van der Waals surface area contributed by atoms with Crippen LogP contribution < -0.4 is 0 Å². The van der Waals surface area contributed by atoms with E-state index in [4.69, 9.17) is 4.74 Å². The second-order valence-corrected chi connectivity index (χ2v) is 4.11. The molecule has 2 amide bonds. The lowest BCUT2D eigenvalue weighted by molar-refractivity contribution is -0.154. The summed E-state index contributed by atoms with van der Waals surface area (Å²) in [4.78, 5) is 35.5. The molecular weight excluding hydrogens is 234 g/mol. The summed E-state index contributed by atoms with van der Waals surface area (Å²) in [5.41, 5.74) is 0.864. The number of likely N-dealkylation sites (tertiary alicyclic amines) is 1. The molecule has 1 atom stereocenters. The van der Waals surface area contributed by atoms with Gasteiger partial charge in [-0.2, -0.15) is 0 Å². The van der Waals surface area contributed by atoms with Crippen LogP contribution in [0.4, 0.5) is 0 Å². The highest BCUT2D eigenvalue weighted by molar-refractivity contribution is 6.05. The number of hydrogen-bond acceptors (Lipinski definition) is 4. The Bertz CT molecular complexity index is 483. The zero-order valence-electron chi connectivity index (χ0n) is 9.96. The van der Waals surface area contributed by atoms with E-state index in [9.17, 15) is 14.4 Å². The molecule has 0 bridgehead atoms. The maximum Gasteiger partial charge on any atom is 0.303 e. The number of amides is 2. The minimum Gasteiger partial charge on any atom is -0.452 e. The molecule has 18 heavy (non-hydrogen) atoms. The van der Waals surface area contributed by atoms with Crippen LogP contribution in [0.15, 0.2) is 30.3 Å². The fourth-order valence-corrected chi connectivity index (χ4v) is 1.88. The number of carbonyl (C=O) groups is 3. The molecule has 0 aliphatic carbocycles. The Balaban J connectivity index is 2.08. The van der Waals surface area contributed by atoms with Crippen molar-refractivity contribution in [2.45, 2.75) is 26.0 Å². The maximum absolute atomic E-state index is 11.9. The van der Waals surface area contributed by atoms with Gasteiger partial charge in [-0.25, -0.2) is 0 Å². The molecule has 1 fully saturated rings. The van der Waals surface area contributed by atoms with Gasteiger partial charge >= 0.3 is 5.97 Å². The minimum absolute atomic E-state index is 0.0642. The normalized spacial score (nSPS) is 19.2. The van der Waals surface area contributed by atoms with E-state index < -0.39 is 18.0 Å². The van der Waals surface area contributed by atoms with Crippen molar-refractivity contribution in [3.8, 4) is 0 Å². The van der Waals surface area contributed by atoms with Crippen LogP contribution in [0.1, 0.15) is 18.9 Å². The van der Waals surface area contributed by atoms with Crippen LogP contribution in [0, 0.1) is 0 Å². The number of benzene rings is 1. The molecule has 94 valence electrons. The van der Waals surface area contributed by atoms with Gasteiger partial charge in [-0.05, 0) is 5.56 Å². The van der Waals surface area contributed by atoms with Crippen molar-refractivity contribution >= 4 is 17.8 Å². The Morgan fingerprint density at radius 2 is 2.00 bits per heavy atom. The number of ether oxygens (including phenoxy) is 1. The summed E-state index contributed by atoms with van der Waals surface area (Å²) in [5, 5.41) is 0. The van der Waals surface area contributed by atoms with E-state index >= 15 is 0 Å². The Kier molecular flexibility index (Phi) is 3.41. The van der Waals surface area contributed by atoms with E-state index in [2.05, 4.69) is 0 Å². The smallest absolute Gasteiger partial charge is 0.303 e. The number of imide groups is 1. The average molecular weight is 247 g/mol. The molecule has 2 rings (SSSR count). The molecule has 1 heterocycles. The zero-order valence-corrected chi connectivity index (χ0v) is 9.96. The zero-order chi connectivity index (χ0) is 13.1. The summed E-state index contributed by atoms with van der Waals surface area (Å²) < 4.78 is 4.81. The van der Waals surface area contributed by atoms with Crippen molar-refractivity contribution in [3.05, 3.63) is 35.9 Å². The maximum atomic E-state index is 11.9. The second kappa shape index (κ2) is 5.00. The first-order valence-electron chi connectivity index (χ1n) is 5.63. The van der Waals surface area contributed by atoms with Gasteiger partial charge in [0.1, 0.15) is 0 Å². The Hall–Kier alpha value is -2.17. The monoisotopic (exact) mass is 247 g/mol. The lowest BCUT2D eigenvalue weighted by atomic mass is 10.2. The Morgan fingerprint density at radius 1 is 1.33 bits per heavy atom. The first-order valence-corrected chi connectivity index (χ1v) is 5.63. The van der Waals surface area contributed by atoms with Crippen molar-refractivity contribution in [2.24, 2.45) is 0 Å². The summed E-state index contributed by atoms with van der Waals surface area (Å²) in [5.74, 6) is -1.31. The van der Waals surface area contributed by atoms with Crippen molar-refractivity contribution in [1.29, 1.82) is 0 Å². The number of nitrogens with zero attached hydrogens (tertiary/aromatic N) is 1. The van der Waals surface area contributed by atoms with Gasteiger partial charge in [-0.3, -0.25) is 19.3 Å². The largest absolute Gasteiger partial charge is 0.452 e.